The lowest BCUT2D eigenvalue weighted by Crippen LogP contribution is -3.15. The second-order valence-electron chi connectivity index (χ2n) is 6.17. The van der Waals surface area contributed by atoms with E-state index in [4.69, 9.17) is 0 Å². The standard InChI is InChI=1S/C18H21FN4O/c1-14-5-6-15(12-16(14)19)21-18(24)13-22-8-10-23(11-9-22)17-4-2-3-7-20-17/h2-7,12H,8-11,13H2,1H3,(H,21,24)/p+2. The number of amides is 1. The van der Waals surface area contributed by atoms with Crippen molar-refractivity contribution in [2.45, 2.75) is 6.92 Å². The van der Waals surface area contributed by atoms with Crippen molar-refractivity contribution >= 4 is 17.4 Å². The smallest absolute Gasteiger partial charge is 0.279 e. The number of rotatable bonds is 4. The molecule has 1 fully saturated rings. The van der Waals surface area contributed by atoms with Gasteiger partial charge in [-0.3, -0.25) is 9.69 Å². The molecule has 24 heavy (non-hydrogen) atoms. The van der Waals surface area contributed by atoms with Crippen molar-refractivity contribution < 1.29 is 19.1 Å². The second-order valence-corrected chi connectivity index (χ2v) is 6.17. The van der Waals surface area contributed by atoms with E-state index in [0.29, 0.717) is 17.8 Å². The zero-order valence-corrected chi connectivity index (χ0v) is 13.8. The Labute approximate surface area is 141 Å². The summed E-state index contributed by atoms with van der Waals surface area (Å²) in [7, 11) is 0. The highest BCUT2D eigenvalue weighted by Gasteiger charge is 2.27. The molecule has 1 saturated heterocycles. The first kappa shape index (κ1) is 16.4. The number of aromatic amines is 1. The summed E-state index contributed by atoms with van der Waals surface area (Å²) in [6.07, 6.45) is 1.92. The Morgan fingerprint density at radius 3 is 2.75 bits per heavy atom. The number of quaternary nitrogens is 1. The molecule has 1 aliphatic rings. The first-order valence-corrected chi connectivity index (χ1v) is 8.23. The lowest BCUT2D eigenvalue weighted by Gasteiger charge is -2.27. The van der Waals surface area contributed by atoms with Gasteiger partial charge in [-0.1, -0.05) is 12.1 Å². The van der Waals surface area contributed by atoms with Gasteiger partial charge in [0.2, 0.25) is 0 Å². The van der Waals surface area contributed by atoms with Crippen molar-refractivity contribution in [1.29, 1.82) is 0 Å². The first-order valence-electron chi connectivity index (χ1n) is 8.23. The number of carbonyl (C=O) groups excluding carboxylic acids is 1. The van der Waals surface area contributed by atoms with Crippen LogP contribution >= 0.6 is 0 Å². The van der Waals surface area contributed by atoms with E-state index >= 15 is 0 Å². The monoisotopic (exact) mass is 330 g/mol. The quantitative estimate of drug-likeness (QED) is 0.847. The predicted molar refractivity (Wildman–Crippen MR) is 90.5 cm³/mol. The van der Waals surface area contributed by atoms with Crippen LogP contribution in [0.2, 0.25) is 0 Å². The van der Waals surface area contributed by atoms with E-state index < -0.39 is 0 Å². The van der Waals surface area contributed by atoms with Gasteiger partial charge in [-0.15, -0.1) is 0 Å². The second kappa shape index (κ2) is 7.40. The molecule has 1 aromatic heterocycles. The highest BCUT2D eigenvalue weighted by atomic mass is 19.1. The molecule has 0 unspecified atom stereocenters. The van der Waals surface area contributed by atoms with Gasteiger partial charge in [0.05, 0.1) is 6.20 Å². The van der Waals surface area contributed by atoms with Crippen LogP contribution < -0.4 is 20.1 Å². The van der Waals surface area contributed by atoms with Crippen molar-refractivity contribution in [3.63, 3.8) is 0 Å². The van der Waals surface area contributed by atoms with Crippen molar-refractivity contribution in [3.8, 4) is 0 Å². The Bertz CT molecular complexity index is 699. The fraction of sp³-hybridized carbons (Fsp3) is 0.333. The number of aryl methyl sites for hydroxylation is 1. The Balaban J connectivity index is 1.49. The topological polar surface area (TPSA) is 50.9 Å². The third-order valence-electron chi connectivity index (χ3n) is 4.37. The van der Waals surface area contributed by atoms with E-state index in [2.05, 4.69) is 21.3 Å². The van der Waals surface area contributed by atoms with Crippen LogP contribution in [0.3, 0.4) is 0 Å². The molecular weight excluding hydrogens is 307 g/mol. The minimum absolute atomic E-state index is 0.0759. The maximum absolute atomic E-state index is 13.5. The number of piperazine rings is 1. The number of nitrogens with zero attached hydrogens (tertiary/aromatic N) is 1. The number of hydrogen-bond acceptors (Lipinski definition) is 2. The van der Waals surface area contributed by atoms with Crippen molar-refractivity contribution in [2.24, 2.45) is 0 Å². The minimum atomic E-state index is -0.298. The molecule has 0 spiro atoms. The number of aromatic nitrogens is 1. The summed E-state index contributed by atoms with van der Waals surface area (Å²) in [5, 5.41) is 2.78. The summed E-state index contributed by atoms with van der Waals surface area (Å²) in [5.74, 6) is 0.733. The van der Waals surface area contributed by atoms with Crippen LogP contribution in [0.1, 0.15) is 5.56 Å². The molecule has 0 atom stereocenters. The van der Waals surface area contributed by atoms with Gasteiger partial charge in [0.25, 0.3) is 11.7 Å². The van der Waals surface area contributed by atoms with Gasteiger partial charge in [0.15, 0.2) is 6.54 Å². The molecule has 0 bridgehead atoms. The average Bonchev–Trinajstić information content (AvgIpc) is 2.59. The lowest BCUT2D eigenvalue weighted by molar-refractivity contribution is -0.892. The number of pyridine rings is 1. The van der Waals surface area contributed by atoms with Crippen LogP contribution in [-0.4, -0.2) is 38.6 Å². The number of halogens is 1. The van der Waals surface area contributed by atoms with Crippen molar-refractivity contribution in [1.82, 2.24) is 0 Å². The molecule has 2 aromatic rings. The molecule has 0 aliphatic carbocycles. The highest BCUT2D eigenvalue weighted by molar-refractivity contribution is 5.91. The van der Waals surface area contributed by atoms with Crippen LogP contribution in [0.15, 0.2) is 42.6 Å². The van der Waals surface area contributed by atoms with Crippen LogP contribution in [0.5, 0.6) is 0 Å². The molecule has 2 heterocycles. The summed E-state index contributed by atoms with van der Waals surface area (Å²) < 4.78 is 13.5. The van der Waals surface area contributed by atoms with Gasteiger partial charge in [-0.05, 0) is 30.7 Å². The third kappa shape index (κ3) is 4.08. The number of hydrogen-bond donors (Lipinski definition) is 2. The van der Waals surface area contributed by atoms with E-state index in [-0.39, 0.29) is 11.7 Å². The highest BCUT2D eigenvalue weighted by Crippen LogP contribution is 2.13. The zero-order valence-electron chi connectivity index (χ0n) is 13.8. The van der Waals surface area contributed by atoms with E-state index in [1.165, 1.54) is 11.0 Å². The maximum Gasteiger partial charge on any atom is 0.279 e. The van der Waals surface area contributed by atoms with Crippen LogP contribution in [0.4, 0.5) is 15.9 Å². The SMILES string of the molecule is Cc1ccc(NC(=O)C[NH+]2CCN(c3cccc[nH+]3)CC2)cc1F. The molecule has 5 nitrogen and oxygen atoms in total. The normalized spacial score (nSPS) is 15.3. The van der Waals surface area contributed by atoms with E-state index in [9.17, 15) is 9.18 Å². The summed E-state index contributed by atoms with van der Waals surface area (Å²) >= 11 is 0. The first-order chi connectivity index (χ1) is 11.6. The molecule has 3 rings (SSSR count). The number of carbonyl (C=O) groups is 1. The van der Waals surface area contributed by atoms with Gasteiger partial charge in [0.1, 0.15) is 32.0 Å². The largest absolute Gasteiger partial charge is 0.321 e. The number of benzene rings is 1. The lowest BCUT2D eigenvalue weighted by atomic mass is 10.2. The molecule has 1 aliphatic heterocycles. The molecule has 6 heteroatoms. The van der Waals surface area contributed by atoms with Crippen molar-refractivity contribution in [3.05, 3.63) is 54.0 Å². The fourth-order valence-corrected chi connectivity index (χ4v) is 2.92. The Morgan fingerprint density at radius 2 is 2.08 bits per heavy atom. The average molecular weight is 330 g/mol. The van der Waals surface area contributed by atoms with E-state index in [1.54, 1.807) is 19.1 Å². The molecule has 126 valence electrons. The van der Waals surface area contributed by atoms with Crippen molar-refractivity contribution in [2.75, 3.05) is 42.9 Å². The van der Waals surface area contributed by atoms with Crippen LogP contribution in [0.25, 0.3) is 0 Å². The van der Waals surface area contributed by atoms with Gasteiger partial charge in [-0.2, -0.15) is 0 Å². The Hall–Kier alpha value is -2.47. The number of nitrogens with one attached hydrogen (secondary N) is 3. The van der Waals surface area contributed by atoms with Crippen LogP contribution in [0, 0.1) is 12.7 Å². The Morgan fingerprint density at radius 1 is 1.29 bits per heavy atom. The molecule has 0 radical (unpaired) electrons. The van der Waals surface area contributed by atoms with E-state index in [0.717, 1.165) is 32.0 Å². The zero-order chi connectivity index (χ0) is 16.9. The fourth-order valence-electron chi connectivity index (χ4n) is 2.92. The molecular formula is C18H23FN4O+2. The number of H-pyrrole nitrogens is 1. The molecule has 0 saturated carbocycles. The predicted octanol–water partition coefficient (Wildman–Crippen LogP) is 0.292. The maximum atomic E-state index is 13.5. The van der Waals surface area contributed by atoms with Gasteiger partial charge in [-0.25, -0.2) is 9.37 Å². The van der Waals surface area contributed by atoms with Crippen LogP contribution in [-0.2, 0) is 4.79 Å². The minimum Gasteiger partial charge on any atom is -0.321 e. The van der Waals surface area contributed by atoms with Gasteiger partial charge < -0.3 is 10.2 Å². The summed E-state index contributed by atoms with van der Waals surface area (Å²) in [6, 6.07) is 10.8. The molecule has 3 N–H and O–H groups in total. The molecule has 1 aromatic carbocycles. The van der Waals surface area contributed by atoms with Gasteiger partial charge >= 0.3 is 0 Å². The summed E-state index contributed by atoms with van der Waals surface area (Å²) in [4.78, 5) is 18.9. The number of anilines is 2. The summed E-state index contributed by atoms with van der Waals surface area (Å²) in [5.41, 5.74) is 1.09. The molecule has 1 amide bonds. The Kier molecular flexibility index (Phi) is 5.05. The van der Waals surface area contributed by atoms with E-state index in [1.807, 2.05) is 18.3 Å². The summed E-state index contributed by atoms with van der Waals surface area (Å²) in [6.45, 7) is 5.72. The van der Waals surface area contributed by atoms with Gasteiger partial charge in [0, 0.05) is 11.8 Å². The third-order valence-corrected chi connectivity index (χ3v) is 4.37.